The average Bonchev–Trinajstić information content (AvgIpc) is 2.85. The zero-order valence-electron chi connectivity index (χ0n) is 10.7. The molecule has 1 aromatic carbocycles. The first-order valence-electron chi connectivity index (χ1n) is 5.71. The van der Waals surface area contributed by atoms with Gasteiger partial charge in [-0.3, -0.25) is 4.79 Å². The van der Waals surface area contributed by atoms with Crippen molar-refractivity contribution in [3.05, 3.63) is 35.5 Å². The van der Waals surface area contributed by atoms with Crippen molar-refractivity contribution < 1.29 is 26.9 Å². The number of amides is 1. The fourth-order valence-electron chi connectivity index (χ4n) is 1.52. The molecule has 2 aromatic rings. The van der Waals surface area contributed by atoms with E-state index >= 15 is 0 Å². The number of halogens is 4. The molecule has 9 heteroatoms. The summed E-state index contributed by atoms with van der Waals surface area (Å²) in [6, 6.07) is 3.74. The number of hydrogen-bond acceptors (Lipinski definition) is 4. The number of carbonyl (C=O) groups excluding carboxylic acids is 1. The second kappa shape index (κ2) is 5.51. The fourth-order valence-corrected chi connectivity index (χ4v) is 1.52. The molecule has 0 bridgehead atoms. The van der Waals surface area contributed by atoms with Crippen molar-refractivity contribution in [2.75, 3.05) is 0 Å². The summed E-state index contributed by atoms with van der Waals surface area (Å²) in [5.74, 6) is -3.13. The number of nitrogens with one attached hydrogen (secondary N) is 1. The predicted molar refractivity (Wildman–Crippen MR) is 62.2 cm³/mol. The molecule has 0 aliphatic carbocycles. The van der Waals surface area contributed by atoms with Crippen molar-refractivity contribution in [2.45, 2.75) is 19.6 Å². The molecule has 112 valence electrons. The van der Waals surface area contributed by atoms with Crippen LogP contribution in [0.5, 0.6) is 0 Å². The normalized spacial score (nSPS) is 11.5. The van der Waals surface area contributed by atoms with Gasteiger partial charge in [0.25, 0.3) is 0 Å². The molecule has 1 amide bonds. The van der Waals surface area contributed by atoms with Crippen molar-refractivity contribution in [2.24, 2.45) is 0 Å². The second-order valence-electron chi connectivity index (χ2n) is 4.14. The van der Waals surface area contributed by atoms with E-state index in [9.17, 15) is 22.4 Å². The molecular formula is C12H9F4N3O2. The smallest absolute Gasteiger partial charge is 0.352 e. The number of carbonyl (C=O) groups is 1. The van der Waals surface area contributed by atoms with Crippen LogP contribution in [0, 0.1) is 5.82 Å². The molecule has 5 nitrogen and oxygen atoms in total. The minimum atomic E-state index is -4.78. The van der Waals surface area contributed by atoms with Gasteiger partial charge in [0.1, 0.15) is 5.82 Å². The summed E-state index contributed by atoms with van der Waals surface area (Å²) in [6.07, 6.45) is -4.78. The highest BCUT2D eigenvalue weighted by Gasteiger charge is 2.38. The van der Waals surface area contributed by atoms with Gasteiger partial charge in [-0.25, -0.2) is 4.39 Å². The lowest BCUT2D eigenvalue weighted by molar-refractivity contribution is -0.159. The molecule has 0 saturated heterocycles. The summed E-state index contributed by atoms with van der Waals surface area (Å²) in [6.45, 7) is 1.41. The highest BCUT2D eigenvalue weighted by molar-refractivity contribution is 5.72. The minimum Gasteiger partial charge on any atom is -0.352 e. The maximum atomic E-state index is 13.9. The number of alkyl halides is 3. The van der Waals surface area contributed by atoms with E-state index < -0.39 is 23.7 Å². The molecule has 0 aliphatic heterocycles. The van der Waals surface area contributed by atoms with Gasteiger partial charge >= 0.3 is 12.1 Å². The Labute approximate surface area is 116 Å². The Kier molecular flexibility index (Phi) is 3.92. The summed E-state index contributed by atoms with van der Waals surface area (Å²) in [4.78, 5) is 13.8. The van der Waals surface area contributed by atoms with E-state index in [4.69, 9.17) is 0 Å². The maximum Gasteiger partial charge on any atom is 0.471 e. The van der Waals surface area contributed by atoms with E-state index in [-0.39, 0.29) is 18.0 Å². The van der Waals surface area contributed by atoms with E-state index in [1.54, 1.807) is 0 Å². The van der Waals surface area contributed by atoms with E-state index in [1.165, 1.54) is 19.1 Å². The largest absolute Gasteiger partial charge is 0.471 e. The Bertz CT molecular complexity index is 667. The molecule has 1 heterocycles. The molecule has 1 N–H and O–H groups in total. The van der Waals surface area contributed by atoms with E-state index in [0.29, 0.717) is 5.56 Å². The molecule has 0 spiro atoms. The quantitative estimate of drug-likeness (QED) is 0.885. The first kappa shape index (κ1) is 14.9. The van der Waals surface area contributed by atoms with Crippen molar-refractivity contribution in [1.29, 1.82) is 0 Å². The zero-order chi connectivity index (χ0) is 15.6. The van der Waals surface area contributed by atoms with Crippen LogP contribution in [0.1, 0.15) is 18.4 Å². The number of benzene rings is 1. The standard InChI is InChI=1S/C12H9F4N3O2/c1-6(20)17-5-7-2-3-8(9(13)4-7)10-18-11(21-19-10)12(14,15)16/h2-4H,5H2,1H3,(H,17,20). The van der Waals surface area contributed by atoms with Gasteiger partial charge in [-0.2, -0.15) is 18.2 Å². The van der Waals surface area contributed by atoms with Crippen LogP contribution in [0.15, 0.2) is 22.7 Å². The molecule has 21 heavy (non-hydrogen) atoms. The van der Waals surface area contributed by atoms with Crippen molar-refractivity contribution in [1.82, 2.24) is 15.5 Å². The van der Waals surface area contributed by atoms with Crippen LogP contribution in [0.4, 0.5) is 17.6 Å². The third-order valence-corrected chi connectivity index (χ3v) is 2.48. The van der Waals surface area contributed by atoms with E-state index in [0.717, 1.165) is 6.07 Å². The van der Waals surface area contributed by atoms with Crippen LogP contribution < -0.4 is 5.32 Å². The first-order valence-corrected chi connectivity index (χ1v) is 5.71. The summed E-state index contributed by atoms with van der Waals surface area (Å²) in [5, 5.41) is 5.57. The van der Waals surface area contributed by atoms with Crippen LogP contribution in [-0.2, 0) is 17.5 Å². The van der Waals surface area contributed by atoms with Gasteiger partial charge in [-0.15, -0.1) is 0 Å². The molecular weight excluding hydrogens is 294 g/mol. The molecule has 0 unspecified atom stereocenters. The highest BCUT2D eigenvalue weighted by atomic mass is 19.4. The third kappa shape index (κ3) is 3.56. The van der Waals surface area contributed by atoms with Crippen LogP contribution in [0.2, 0.25) is 0 Å². The molecule has 0 saturated carbocycles. The average molecular weight is 303 g/mol. The van der Waals surface area contributed by atoms with Crippen molar-refractivity contribution in [3.8, 4) is 11.4 Å². The van der Waals surface area contributed by atoms with Crippen molar-refractivity contribution in [3.63, 3.8) is 0 Å². The van der Waals surface area contributed by atoms with Gasteiger partial charge in [-0.05, 0) is 17.7 Å². The van der Waals surface area contributed by atoms with Gasteiger partial charge in [0, 0.05) is 13.5 Å². The Morgan fingerprint density at radius 3 is 2.62 bits per heavy atom. The lowest BCUT2D eigenvalue weighted by Crippen LogP contribution is -2.18. The number of nitrogens with zero attached hydrogens (tertiary/aromatic N) is 2. The maximum absolute atomic E-state index is 13.9. The molecule has 1 aromatic heterocycles. The Balaban J connectivity index is 2.25. The summed E-state index contributed by atoms with van der Waals surface area (Å²) >= 11 is 0. The Morgan fingerprint density at radius 1 is 1.38 bits per heavy atom. The Morgan fingerprint density at radius 2 is 2.10 bits per heavy atom. The van der Waals surface area contributed by atoms with E-state index in [2.05, 4.69) is 20.0 Å². The van der Waals surface area contributed by atoms with Crippen LogP contribution in [0.25, 0.3) is 11.4 Å². The van der Waals surface area contributed by atoms with Gasteiger partial charge in [0.05, 0.1) is 5.56 Å². The number of aromatic nitrogens is 2. The predicted octanol–water partition coefficient (Wildman–Crippen LogP) is 2.53. The van der Waals surface area contributed by atoms with Gasteiger partial charge in [0.2, 0.25) is 11.7 Å². The minimum absolute atomic E-state index is 0.104. The van der Waals surface area contributed by atoms with Crippen LogP contribution >= 0.6 is 0 Å². The summed E-state index contributed by atoms with van der Waals surface area (Å²) in [5.41, 5.74) is 0.229. The highest BCUT2D eigenvalue weighted by Crippen LogP contribution is 2.30. The molecule has 0 fully saturated rings. The fraction of sp³-hybridized carbons (Fsp3) is 0.250. The van der Waals surface area contributed by atoms with Crippen LogP contribution in [0.3, 0.4) is 0 Å². The molecule has 0 aliphatic rings. The molecule has 2 rings (SSSR count). The SMILES string of the molecule is CC(=O)NCc1ccc(-c2noc(C(F)(F)F)n2)c(F)c1. The third-order valence-electron chi connectivity index (χ3n) is 2.48. The zero-order valence-corrected chi connectivity index (χ0v) is 10.7. The molecule has 0 atom stereocenters. The lowest BCUT2D eigenvalue weighted by Gasteiger charge is -2.04. The van der Waals surface area contributed by atoms with E-state index in [1.807, 2.05) is 0 Å². The van der Waals surface area contributed by atoms with Gasteiger partial charge in [0.15, 0.2) is 0 Å². The molecule has 0 radical (unpaired) electrons. The number of hydrogen-bond donors (Lipinski definition) is 1. The van der Waals surface area contributed by atoms with Crippen molar-refractivity contribution >= 4 is 5.91 Å². The van der Waals surface area contributed by atoms with Gasteiger partial charge in [-0.1, -0.05) is 11.2 Å². The first-order chi connectivity index (χ1) is 9.77. The monoisotopic (exact) mass is 303 g/mol. The Hall–Kier alpha value is -2.45. The van der Waals surface area contributed by atoms with Crippen LogP contribution in [-0.4, -0.2) is 16.0 Å². The lowest BCUT2D eigenvalue weighted by atomic mass is 10.1. The van der Waals surface area contributed by atoms with Gasteiger partial charge < -0.3 is 9.84 Å². The summed E-state index contributed by atoms with van der Waals surface area (Å²) in [7, 11) is 0. The topological polar surface area (TPSA) is 68.0 Å². The second-order valence-corrected chi connectivity index (χ2v) is 4.14. The number of rotatable bonds is 3. The summed E-state index contributed by atoms with van der Waals surface area (Å²) < 4.78 is 54.9.